The van der Waals surface area contributed by atoms with Gasteiger partial charge in [-0.3, -0.25) is 62.3 Å². The first-order valence-electron chi connectivity index (χ1n) is 38.7. The molecule has 2 fully saturated rings. The number of carbonyl (C=O) groups excluding carboxylic acids is 14. The van der Waals surface area contributed by atoms with Gasteiger partial charge in [0.15, 0.2) is 0 Å². The maximum absolute atomic E-state index is 15.1. The normalized spacial score (nSPS) is 22.1. The lowest BCUT2D eigenvalue weighted by atomic mass is 9.95. The smallest absolute Gasteiger partial charge is 0.329 e. The number of hydrogen-bond donors (Lipinski definition) is 14. The summed E-state index contributed by atoms with van der Waals surface area (Å²) in [5.41, 5.74) is 7.07. The average Bonchev–Trinajstić information content (AvgIpc) is 1.81. The van der Waals surface area contributed by atoms with Crippen LogP contribution in [-0.2, 0) is 84.7 Å². The molecule has 0 radical (unpaired) electrons. The van der Waals surface area contributed by atoms with Crippen molar-refractivity contribution in [2.45, 2.75) is 273 Å². The van der Waals surface area contributed by atoms with Gasteiger partial charge in [0, 0.05) is 25.8 Å². The summed E-state index contributed by atoms with van der Waals surface area (Å²) >= 11 is 0. The van der Waals surface area contributed by atoms with E-state index < -0.39 is 197 Å². The summed E-state index contributed by atoms with van der Waals surface area (Å²) in [4.78, 5) is 203. The summed E-state index contributed by atoms with van der Waals surface area (Å²) in [5.74, 6) is -14.9. The third-order valence-corrected chi connectivity index (χ3v) is 19.9. The molecule has 0 bridgehead atoms. The number of aliphatic hydroxyl groups excluding tert-OH is 1. The van der Waals surface area contributed by atoms with Crippen LogP contribution in [0, 0.1) is 41.4 Å². The fourth-order valence-electron chi connectivity index (χ4n) is 12.7. The quantitative estimate of drug-likeness (QED) is 0.0353. The minimum absolute atomic E-state index is 0.0369. The molecule has 2 aromatic carbocycles. The van der Waals surface area contributed by atoms with E-state index >= 15 is 9.59 Å². The number of likely N-dealkylation sites (tertiary alicyclic amines) is 1. The first-order valence-corrected chi connectivity index (χ1v) is 38.7. The largest absolute Gasteiger partial charge is 0.458 e. The van der Waals surface area contributed by atoms with Crippen molar-refractivity contribution >= 4 is 82.8 Å². The number of hydrogen-bond acceptors (Lipinski definition) is 17. The molecule has 2 aliphatic rings. The summed E-state index contributed by atoms with van der Waals surface area (Å²) in [6.45, 7) is 28.3. The second kappa shape index (κ2) is 45.0. The maximum atomic E-state index is 15.1. The van der Waals surface area contributed by atoms with E-state index in [1.165, 1.54) is 31.7 Å². The number of carbonyl (C=O) groups is 14. The number of nitrogens with two attached hydrogens (primary N) is 1. The first-order chi connectivity index (χ1) is 51.4. The number of esters is 1. The number of aliphatic hydroxyl groups is 1. The average molecular weight is 1530 g/mol. The Hall–Kier alpha value is -9.32. The minimum Gasteiger partial charge on any atom is -0.458 e. The summed E-state index contributed by atoms with van der Waals surface area (Å²) in [6.07, 6.45) is 0.972. The van der Waals surface area contributed by atoms with E-state index in [0.29, 0.717) is 30.7 Å². The van der Waals surface area contributed by atoms with Gasteiger partial charge in [-0.1, -0.05) is 183 Å². The Kier molecular flexibility index (Phi) is 38.0. The first kappa shape index (κ1) is 92.1. The third-order valence-electron chi connectivity index (χ3n) is 19.9. The number of nitrogens with zero attached hydrogens (tertiary/aromatic N) is 1. The van der Waals surface area contributed by atoms with Crippen molar-refractivity contribution in [1.82, 2.24) is 68.7 Å². The molecule has 606 valence electrons. The van der Waals surface area contributed by atoms with Crippen molar-refractivity contribution < 1.29 is 77.0 Å². The van der Waals surface area contributed by atoms with E-state index in [2.05, 4.69) is 63.8 Å². The van der Waals surface area contributed by atoms with Gasteiger partial charge in [-0.15, -0.1) is 0 Å². The highest BCUT2D eigenvalue weighted by atomic mass is 16.5. The lowest BCUT2D eigenvalue weighted by Gasteiger charge is -2.33. The topological polar surface area (TPSA) is 442 Å². The molecule has 109 heavy (non-hydrogen) atoms. The zero-order chi connectivity index (χ0) is 81.7. The summed E-state index contributed by atoms with van der Waals surface area (Å²) in [6, 6.07) is 1.09. The van der Waals surface area contributed by atoms with Gasteiger partial charge in [-0.2, -0.15) is 0 Å². The predicted molar refractivity (Wildman–Crippen MR) is 411 cm³/mol. The SMILES string of the molecule is C/C=C1\NC(=O)[C@H](Cc2ccccc2)NC(=O)[C@@H](C(C)C)NC(=O)[C@@H]([C@H](C)CC)NC(=O)[C@H](NC(=O)[C@H](NC(=O)[C@H](CCCN)NC(=O)[C@H]2CCCN2C(=O)[C@H](NC(=O)[C@@H](NC(=O)[C@@H](NC(=O)[C@@H](Cc2ccccc2)NC(=O)CCCC(C)C)[C@@H](C)O)C(C)C)C(C)C)[C@H](C)CC)[C@H](C)OC(=O)[C@H](C(C)C)NC1=O. The van der Waals surface area contributed by atoms with E-state index in [1.54, 1.807) is 144 Å². The Balaban J connectivity index is 1.63. The second-order valence-corrected chi connectivity index (χ2v) is 30.7. The van der Waals surface area contributed by atoms with E-state index in [0.717, 1.165) is 12.0 Å². The van der Waals surface area contributed by atoms with Gasteiger partial charge < -0.3 is 84.3 Å². The monoisotopic (exact) mass is 1520 g/mol. The van der Waals surface area contributed by atoms with Gasteiger partial charge in [-0.25, -0.2) is 4.79 Å². The molecule has 2 heterocycles. The molecule has 2 saturated heterocycles. The molecule has 4 rings (SSSR count). The lowest BCUT2D eigenvalue weighted by Crippen LogP contribution is -2.64. The van der Waals surface area contributed by atoms with Crippen molar-refractivity contribution in [2.75, 3.05) is 13.1 Å². The molecule has 30 heteroatoms. The molecule has 16 atom stereocenters. The summed E-state index contributed by atoms with van der Waals surface area (Å²) in [5, 5.41) is 43.5. The number of allylic oxidation sites excluding steroid dienone is 1. The Morgan fingerprint density at radius 2 is 1.15 bits per heavy atom. The van der Waals surface area contributed by atoms with Gasteiger partial charge in [0.2, 0.25) is 70.9 Å². The van der Waals surface area contributed by atoms with Gasteiger partial charge in [0.05, 0.1) is 6.10 Å². The van der Waals surface area contributed by atoms with E-state index in [4.69, 9.17) is 10.5 Å². The molecule has 0 aromatic heterocycles. The van der Waals surface area contributed by atoms with Crippen molar-refractivity contribution in [1.29, 1.82) is 0 Å². The number of rotatable bonds is 34. The van der Waals surface area contributed by atoms with Crippen LogP contribution in [0.5, 0.6) is 0 Å². The fraction of sp³-hybridized carbons (Fsp3) is 0.646. The highest BCUT2D eigenvalue weighted by Gasteiger charge is 2.44. The highest BCUT2D eigenvalue weighted by Crippen LogP contribution is 2.23. The molecule has 2 aromatic rings. The fourth-order valence-corrected chi connectivity index (χ4v) is 12.7. The minimum atomic E-state index is -1.83. The number of amides is 13. The molecule has 13 amide bonds. The Bertz CT molecular complexity index is 3440. The standard InChI is InChI=1S/C79H124N14O16/c1-18-47(14)63(75(104)92-66-50(17)109-79(108)62(46(12)13)88-67(96)53(20-3)82-69(98)56(41-52-33-25-22-26-34-52)84-72(101)59(43(6)7)85-74(103)64(48(15)19-2)90-77(66)106)89-68(97)54(35-28-38-80)83-71(100)57-36-29-39-93(57)78(107)61(45(10)11)87-73(102)60(44(8)9)86-76(105)65(49(16)94)91-70(99)55(40-51-31-23-21-24-32-51)81-58(95)37-27-30-42(4)5/h20-26,31-34,42-50,54-57,59-66,94H,18-19,27-30,35-41,80H2,1-17H3,(H,81,95)(H,82,98)(H,83,100)(H,84,101)(H,85,103)(H,86,105)(H,87,102)(H,88,96)(H,89,97)(H,90,106)(H,91,99)(H,92,104)/b53-20-/t47-,48-,49-,50+,54+,55-,56+,57-,59-,60+,61-,62+,63-,64-,65+,66-/m1/s1. The number of benzene rings is 2. The molecule has 0 unspecified atom stereocenters. The van der Waals surface area contributed by atoms with Crippen LogP contribution in [0.3, 0.4) is 0 Å². The van der Waals surface area contributed by atoms with E-state index in [9.17, 15) is 62.6 Å². The van der Waals surface area contributed by atoms with Crippen LogP contribution in [0.15, 0.2) is 72.4 Å². The van der Waals surface area contributed by atoms with Crippen LogP contribution in [0.2, 0.25) is 0 Å². The van der Waals surface area contributed by atoms with Crippen molar-refractivity contribution in [2.24, 2.45) is 47.2 Å². The number of cyclic esters (lactones) is 1. The molecule has 30 nitrogen and oxygen atoms in total. The van der Waals surface area contributed by atoms with Crippen LogP contribution < -0.4 is 69.5 Å². The Morgan fingerprint density at radius 1 is 0.596 bits per heavy atom. The molecule has 0 saturated carbocycles. The number of ether oxygens (including phenoxy) is 1. The van der Waals surface area contributed by atoms with Gasteiger partial charge in [0.1, 0.15) is 84.3 Å². The van der Waals surface area contributed by atoms with E-state index in [-0.39, 0.29) is 69.6 Å². The molecular weight excluding hydrogens is 1400 g/mol. The van der Waals surface area contributed by atoms with Crippen LogP contribution in [0.25, 0.3) is 0 Å². The van der Waals surface area contributed by atoms with Crippen LogP contribution in [0.1, 0.15) is 187 Å². The molecule has 2 aliphatic heterocycles. The molecule has 0 spiro atoms. The third kappa shape index (κ3) is 28.3. The van der Waals surface area contributed by atoms with Gasteiger partial charge >= 0.3 is 5.97 Å². The summed E-state index contributed by atoms with van der Waals surface area (Å²) < 4.78 is 5.97. The van der Waals surface area contributed by atoms with E-state index in [1.807, 2.05) is 13.8 Å². The molecule has 15 N–H and O–H groups in total. The highest BCUT2D eigenvalue weighted by molar-refractivity contribution is 6.03. The zero-order valence-electron chi connectivity index (χ0n) is 66.8. The van der Waals surface area contributed by atoms with Crippen molar-refractivity contribution in [3.05, 3.63) is 83.6 Å². The molecular formula is C79H124N14O16. The zero-order valence-corrected chi connectivity index (χ0v) is 66.8. The molecule has 0 aliphatic carbocycles. The summed E-state index contributed by atoms with van der Waals surface area (Å²) in [7, 11) is 0. The van der Waals surface area contributed by atoms with Crippen LogP contribution >= 0.6 is 0 Å². The van der Waals surface area contributed by atoms with Gasteiger partial charge in [-0.05, 0) is 112 Å². The van der Waals surface area contributed by atoms with Crippen LogP contribution in [-0.4, -0.2) is 191 Å². The second-order valence-electron chi connectivity index (χ2n) is 30.7. The lowest BCUT2D eigenvalue weighted by molar-refractivity contribution is -0.157. The maximum Gasteiger partial charge on any atom is 0.329 e. The van der Waals surface area contributed by atoms with Crippen molar-refractivity contribution in [3.63, 3.8) is 0 Å². The van der Waals surface area contributed by atoms with Crippen LogP contribution in [0.4, 0.5) is 0 Å². The predicted octanol–water partition coefficient (Wildman–Crippen LogP) is 2.42. The van der Waals surface area contributed by atoms with Crippen molar-refractivity contribution in [3.8, 4) is 0 Å². The van der Waals surface area contributed by atoms with Gasteiger partial charge in [0.25, 0.3) is 5.91 Å². The Labute approximate surface area is 642 Å². The Morgan fingerprint density at radius 3 is 1.70 bits per heavy atom. The number of nitrogens with one attached hydrogen (secondary N) is 12.